The molecule has 10 heteroatoms. The van der Waals surface area contributed by atoms with Crippen LogP contribution in [0.5, 0.6) is 0 Å². The number of hydrogen-bond donors (Lipinski definition) is 2. The van der Waals surface area contributed by atoms with Gasteiger partial charge < -0.3 is 5.32 Å². The van der Waals surface area contributed by atoms with Crippen LogP contribution >= 0.6 is 0 Å². The molecule has 5 nitrogen and oxygen atoms in total. The molecule has 0 saturated heterocycles. The zero-order chi connectivity index (χ0) is 17.5. The molecule has 0 radical (unpaired) electrons. The fourth-order valence-corrected chi connectivity index (χ4v) is 3.66. The van der Waals surface area contributed by atoms with Gasteiger partial charge in [-0.2, -0.15) is 18.3 Å². The minimum atomic E-state index is -5.65. The highest BCUT2D eigenvalue weighted by Gasteiger charge is 2.48. The highest BCUT2D eigenvalue weighted by molar-refractivity contribution is 7.92. The minimum Gasteiger partial charge on any atom is -0.381 e. The van der Waals surface area contributed by atoms with Crippen molar-refractivity contribution in [3.63, 3.8) is 0 Å². The normalized spacial score (nSPS) is 18.2. The molecule has 130 valence electrons. The van der Waals surface area contributed by atoms with Gasteiger partial charge >= 0.3 is 5.51 Å². The third-order valence-corrected chi connectivity index (χ3v) is 5.44. The van der Waals surface area contributed by atoms with Crippen LogP contribution in [0.2, 0.25) is 0 Å². The van der Waals surface area contributed by atoms with E-state index in [1.54, 1.807) is 6.20 Å². The van der Waals surface area contributed by atoms with Crippen LogP contribution in [0, 0.1) is 5.82 Å². The van der Waals surface area contributed by atoms with E-state index in [0.29, 0.717) is 25.3 Å². The van der Waals surface area contributed by atoms with Crippen molar-refractivity contribution in [2.75, 3.05) is 5.32 Å². The van der Waals surface area contributed by atoms with Crippen LogP contribution in [0.25, 0.3) is 0 Å². The van der Waals surface area contributed by atoms with Crippen molar-refractivity contribution in [1.82, 2.24) is 10.2 Å². The largest absolute Gasteiger partial charge is 0.501 e. The molecule has 1 aliphatic carbocycles. The van der Waals surface area contributed by atoms with Gasteiger partial charge in [0, 0.05) is 11.7 Å². The molecule has 0 saturated carbocycles. The number of sulfone groups is 1. The Morgan fingerprint density at radius 2 is 2.04 bits per heavy atom. The molecule has 0 amide bonds. The predicted octanol–water partition coefficient (Wildman–Crippen LogP) is 2.81. The second kappa shape index (κ2) is 5.76. The van der Waals surface area contributed by atoms with Crippen LogP contribution in [-0.4, -0.2) is 30.2 Å². The molecule has 0 bridgehead atoms. The topological polar surface area (TPSA) is 74.8 Å². The monoisotopic (exact) mass is 363 g/mol. The first-order valence-corrected chi connectivity index (χ1v) is 8.55. The predicted molar refractivity (Wildman–Crippen MR) is 77.7 cm³/mol. The summed E-state index contributed by atoms with van der Waals surface area (Å²) in [6.07, 6.45) is 3.32. The lowest BCUT2D eigenvalue weighted by molar-refractivity contribution is -0.0435. The van der Waals surface area contributed by atoms with Gasteiger partial charge in [-0.1, -0.05) is 0 Å². The van der Waals surface area contributed by atoms with Crippen LogP contribution in [0.15, 0.2) is 29.3 Å². The summed E-state index contributed by atoms with van der Waals surface area (Å²) in [4.78, 5) is -1.10. The molecule has 2 N–H and O–H groups in total. The molecule has 1 aromatic carbocycles. The van der Waals surface area contributed by atoms with Gasteiger partial charge in [0.1, 0.15) is 10.7 Å². The summed E-state index contributed by atoms with van der Waals surface area (Å²) in [6.45, 7) is 0. The zero-order valence-electron chi connectivity index (χ0n) is 12.2. The van der Waals surface area contributed by atoms with Gasteiger partial charge in [0.15, 0.2) is 0 Å². The van der Waals surface area contributed by atoms with Crippen LogP contribution in [0.3, 0.4) is 0 Å². The van der Waals surface area contributed by atoms with Gasteiger partial charge in [-0.15, -0.1) is 0 Å². The zero-order valence-corrected chi connectivity index (χ0v) is 13.0. The maximum atomic E-state index is 13.3. The number of hydrogen-bond acceptors (Lipinski definition) is 4. The highest BCUT2D eigenvalue weighted by Crippen LogP contribution is 2.35. The van der Waals surface area contributed by atoms with Crippen molar-refractivity contribution in [3.8, 4) is 0 Å². The van der Waals surface area contributed by atoms with Crippen molar-refractivity contribution in [1.29, 1.82) is 0 Å². The van der Waals surface area contributed by atoms with Crippen LogP contribution < -0.4 is 5.32 Å². The number of rotatable bonds is 3. The van der Waals surface area contributed by atoms with E-state index in [1.807, 2.05) is 0 Å². The van der Waals surface area contributed by atoms with E-state index in [2.05, 4.69) is 15.5 Å². The molecule has 0 spiro atoms. The van der Waals surface area contributed by atoms with E-state index < -0.39 is 26.1 Å². The van der Waals surface area contributed by atoms with E-state index in [1.165, 1.54) is 0 Å². The fraction of sp³-hybridized carbons (Fsp3) is 0.357. The number of aromatic nitrogens is 2. The number of alkyl halides is 3. The molecule has 3 rings (SSSR count). The van der Waals surface area contributed by atoms with Crippen molar-refractivity contribution in [2.24, 2.45) is 0 Å². The molecule has 1 aliphatic rings. The van der Waals surface area contributed by atoms with Crippen LogP contribution in [-0.2, 0) is 22.7 Å². The van der Waals surface area contributed by atoms with Gasteiger partial charge in [-0.3, -0.25) is 5.10 Å². The van der Waals surface area contributed by atoms with E-state index >= 15 is 0 Å². The van der Waals surface area contributed by atoms with Gasteiger partial charge in [0.05, 0.1) is 11.9 Å². The summed E-state index contributed by atoms with van der Waals surface area (Å²) in [7, 11) is -5.65. The Bertz CT molecular complexity index is 861. The van der Waals surface area contributed by atoms with Crippen molar-refractivity contribution >= 4 is 15.5 Å². The quantitative estimate of drug-likeness (QED) is 0.823. The van der Waals surface area contributed by atoms with Crippen LogP contribution in [0.4, 0.5) is 23.2 Å². The van der Waals surface area contributed by atoms with Gasteiger partial charge in [0.25, 0.3) is 9.84 Å². The molecule has 0 aliphatic heterocycles. The third-order valence-electron chi connectivity index (χ3n) is 3.91. The van der Waals surface area contributed by atoms with Gasteiger partial charge in [-0.25, -0.2) is 12.8 Å². The lowest BCUT2D eigenvalue weighted by Gasteiger charge is -2.25. The smallest absolute Gasteiger partial charge is 0.381 e. The Morgan fingerprint density at radius 1 is 1.29 bits per heavy atom. The SMILES string of the molecule is O=S(=O)(c1cc(F)ccc1NC1CCc2[nH]ncc2C1)C(F)(F)F. The van der Waals surface area contributed by atoms with E-state index in [0.717, 1.165) is 23.4 Å². The van der Waals surface area contributed by atoms with E-state index in [9.17, 15) is 26.0 Å². The fourth-order valence-electron chi connectivity index (χ4n) is 2.72. The van der Waals surface area contributed by atoms with Crippen molar-refractivity contribution in [2.45, 2.75) is 35.7 Å². The molecular formula is C14H13F4N3O2S. The van der Waals surface area contributed by atoms with E-state index in [-0.39, 0.29) is 11.7 Å². The van der Waals surface area contributed by atoms with Gasteiger partial charge in [-0.05, 0) is 43.0 Å². The van der Waals surface area contributed by atoms with E-state index in [4.69, 9.17) is 0 Å². The first kappa shape index (κ1) is 16.7. The molecule has 1 aromatic heterocycles. The average molecular weight is 363 g/mol. The second-order valence-corrected chi connectivity index (χ2v) is 7.46. The maximum Gasteiger partial charge on any atom is 0.501 e. The minimum absolute atomic E-state index is 0.259. The number of nitrogens with one attached hydrogen (secondary N) is 2. The Hall–Kier alpha value is -2.10. The number of fused-ring (bicyclic) bond motifs is 1. The Balaban J connectivity index is 1.92. The maximum absolute atomic E-state index is 13.3. The lowest BCUT2D eigenvalue weighted by atomic mass is 9.93. The van der Waals surface area contributed by atoms with Crippen molar-refractivity contribution < 1.29 is 26.0 Å². The number of anilines is 1. The Morgan fingerprint density at radius 3 is 2.75 bits per heavy atom. The van der Waals surface area contributed by atoms with Gasteiger partial charge in [0.2, 0.25) is 0 Å². The summed E-state index contributed by atoms with van der Waals surface area (Å²) in [6, 6.07) is 2.04. The summed E-state index contributed by atoms with van der Waals surface area (Å²) in [5, 5.41) is 9.53. The summed E-state index contributed by atoms with van der Waals surface area (Å²) in [5.41, 5.74) is -3.89. The molecular weight excluding hydrogens is 350 g/mol. The number of halogens is 4. The Labute approximate surface area is 135 Å². The molecule has 1 unspecified atom stereocenters. The summed E-state index contributed by atoms with van der Waals surface area (Å²) >= 11 is 0. The highest BCUT2D eigenvalue weighted by atomic mass is 32.2. The van der Waals surface area contributed by atoms with Crippen LogP contribution in [0.1, 0.15) is 17.7 Å². The number of aryl methyl sites for hydroxylation is 1. The number of H-pyrrole nitrogens is 1. The van der Waals surface area contributed by atoms with Crippen molar-refractivity contribution in [3.05, 3.63) is 41.5 Å². The number of benzene rings is 1. The Kier molecular flexibility index (Phi) is 4.02. The summed E-state index contributed by atoms with van der Waals surface area (Å²) < 4.78 is 75.1. The number of aromatic amines is 1. The number of nitrogens with zero attached hydrogens (tertiary/aromatic N) is 1. The summed E-state index contributed by atoms with van der Waals surface area (Å²) in [5.74, 6) is -1.05. The lowest BCUT2D eigenvalue weighted by Crippen LogP contribution is -2.29. The standard InChI is InChI=1S/C14H13F4N3O2S/c15-9-1-3-12(13(6-9)24(22,23)14(16,17)18)20-10-2-4-11-8(5-10)7-19-21-11/h1,3,6-7,10,20H,2,4-5H2,(H,19,21). The third kappa shape index (κ3) is 2.97. The molecule has 2 aromatic rings. The first-order valence-electron chi connectivity index (χ1n) is 7.07. The average Bonchev–Trinajstić information content (AvgIpc) is 2.95. The second-order valence-electron chi connectivity index (χ2n) is 5.55. The molecule has 0 fully saturated rings. The molecule has 1 atom stereocenters. The molecule has 24 heavy (non-hydrogen) atoms. The molecule has 1 heterocycles. The first-order chi connectivity index (χ1) is 11.2.